The number of methoxy groups -OCH3 is 1. The molecule has 0 radical (unpaired) electrons. The van der Waals surface area contributed by atoms with Gasteiger partial charge in [-0.1, -0.05) is 6.07 Å². The highest BCUT2D eigenvalue weighted by molar-refractivity contribution is 5.60. The molecule has 0 bridgehead atoms. The molecular weight excluding hydrogens is 264 g/mol. The van der Waals surface area contributed by atoms with Gasteiger partial charge in [0.1, 0.15) is 5.75 Å². The van der Waals surface area contributed by atoms with E-state index >= 15 is 0 Å². The third kappa shape index (κ3) is 2.87. The Hall–Kier alpha value is -1.26. The second-order valence-electron chi connectivity index (χ2n) is 6.20. The maximum Gasteiger partial charge on any atom is 0.126 e. The Morgan fingerprint density at radius 1 is 1.24 bits per heavy atom. The first-order chi connectivity index (χ1) is 10.2. The van der Waals surface area contributed by atoms with Gasteiger partial charge in [0.05, 0.1) is 13.2 Å². The van der Waals surface area contributed by atoms with Crippen LogP contribution < -0.4 is 9.64 Å². The van der Waals surface area contributed by atoms with E-state index < -0.39 is 6.10 Å². The Morgan fingerprint density at radius 2 is 2.05 bits per heavy atom. The topological polar surface area (TPSA) is 35.9 Å². The molecule has 2 aliphatic rings. The normalized spacial score (nSPS) is 24.5. The fraction of sp³-hybridized carbons (Fsp3) is 0.647. The van der Waals surface area contributed by atoms with Crippen LogP contribution in [0.4, 0.5) is 5.69 Å². The standard InChI is InChI=1S/C17H26N2O2/c1-13(20)17-15(7-3-8-16(17)21-2)19-11-5-10-18-9-4-6-14(18)12-19/h3,7-8,13-14,20H,4-6,9-12H2,1-2H3/t13-,14?/m1/s1. The van der Waals surface area contributed by atoms with Gasteiger partial charge in [0.2, 0.25) is 0 Å². The van der Waals surface area contributed by atoms with Crippen LogP contribution in [0.5, 0.6) is 5.75 Å². The third-order valence-electron chi connectivity index (χ3n) is 4.83. The van der Waals surface area contributed by atoms with Crippen LogP contribution >= 0.6 is 0 Å². The summed E-state index contributed by atoms with van der Waals surface area (Å²) >= 11 is 0. The van der Waals surface area contributed by atoms with Crippen molar-refractivity contribution in [3.63, 3.8) is 0 Å². The molecule has 1 N–H and O–H groups in total. The highest BCUT2D eigenvalue weighted by Crippen LogP contribution is 2.36. The van der Waals surface area contributed by atoms with Crippen LogP contribution in [0.2, 0.25) is 0 Å². The van der Waals surface area contributed by atoms with Gasteiger partial charge in [-0.3, -0.25) is 4.90 Å². The van der Waals surface area contributed by atoms with Gasteiger partial charge in [-0.05, 0) is 44.9 Å². The Bertz CT molecular complexity index is 490. The van der Waals surface area contributed by atoms with E-state index in [9.17, 15) is 5.11 Å². The second kappa shape index (κ2) is 6.24. The molecule has 21 heavy (non-hydrogen) atoms. The molecule has 0 aliphatic carbocycles. The van der Waals surface area contributed by atoms with Crippen molar-refractivity contribution >= 4 is 5.69 Å². The molecule has 2 atom stereocenters. The molecule has 1 aromatic rings. The number of fused-ring (bicyclic) bond motifs is 1. The number of anilines is 1. The summed E-state index contributed by atoms with van der Waals surface area (Å²) in [7, 11) is 1.67. The van der Waals surface area contributed by atoms with Gasteiger partial charge in [0.15, 0.2) is 0 Å². The number of rotatable bonds is 3. The summed E-state index contributed by atoms with van der Waals surface area (Å²) in [5.74, 6) is 0.787. The lowest BCUT2D eigenvalue weighted by Gasteiger charge is -2.30. The SMILES string of the molecule is COc1cccc(N2CCCN3CCCC3C2)c1[C@@H](C)O. The molecule has 0 amide bonds. The first-order valence-corrected chi connectivity index (χ1v) is 8.04. The second-order valence-corrected chi connectivity index (χ2v) is 6.20. The number of benzene rings is 1. The van der Waals surface area contributed by atoms with Gasteiger partial charge in [-0.2, -0.15) is 0 Å². The van der Waals surface area contributed by atoms with Crippen LogP contribution in [0.15, 0.2) is 18.2 Å². The number of hydrogen-bond acceptors (Lipinski definition) is 4. The Kier molecular flexibility index (Phi) is 4.36. The summed E-state index contributed by atoms with van der Waals surface area (Å²) in [5, 5.41) is 10.2. The van der Waals surface area contributed by atoms with E-state index in [1.165, 1.54) is 32.4 Å². The van der Waals surface area contributed by atoms with Crippen molar-refractivity contribution in [2.45, 2.75) is 38.3 Å². The monoisotopic (exact) mass is 290 g/mol. The summed E-state index contributed by atoms with van der Waals surface area (Å²) in [5.41, 5.74) is 2.06. The van der Waals surface area contributed by atoms with E-state index in [0.29, 0.717) is 6.04 Å². The lowest BCUT2D eigenvalue weighted by molar-refractivity contribution is 0.194. The Balaban J connectivity index is 1.91. The van der Waals surface area contributed by atoms with Gasteiger partial charge in [-0.15, -0.1) is 0 Å². The number of ether oxygens (including phenoxy) is 1. The fourth-order valence-corrected chi connectivity index (χ4v) is 3.83. The maximum absolute atomic E-state index is 10.2. The van der Waals surface area contributed by atoms with Crippen LogP contribution in [0.1, 0.15) is 37.9 Å². The van der Waals surface area contributed by atoms with Crippen LogP contribution in [0.25, 0.3) is 0 Å². The van der Waals surface area contributed by atoms with Gasteiger partial charge in [0.25, 0.3) is 0 Å². The first kappa shape index (κ1) is 14.7. The molecule has 2 saturated heterocycles. The van der Waals surface area contributed by atoms with Crippen molar-refractivity contribution in [2.75, 3.05) is 38.2 Å². The van der Waals surface area contributed by atoms with Gasteiger partial charge < -0.3 is 14.7 Å². The molecule has 0 aromatic heterocycles. The van der Waals surface area contributed by atoms with E-state index in [-0.39, 0.29) is 0 Å². The minimum Gasteiger partial charge on any atom is -0.496 e. The van der Waals surface area contributed by atoms with Gasteiger partial charge in [-0.25, -0.2) is 0 Å². The maximum atomic E-state index is 10.2. The number of nitrogens with zero attached hydrogens (tertiary/aromatic N) is 2. The van der Waals surface area contributed by atoms with Crippen molar-refractivity contribution < 1.29 is 9.84 Å². The van der Waals surface area contributed by atoms with Crippen molar-refractivity contribution in [3.8, 4) is 5.75 Å². The summed E-state index contributed by atoms with van der Waals surface area (Å²) in [6.07, 6.45) is 3.29. The van der Waals surface area contributed by atoms with E-state index in [1.807, 2.05) is 19.1 Å². The predicted molar refractivity (Wildman–Crippen MR) is 85.1 cm³/mol. The number of hydrogen-bond donors (Lipinski definition) is 1. The molecule has 1 aromatic carbocycles. The average Bonchev–Trinajstić information content (AvgIpc) is 2.83. The summed E-state index contributed by atoms with van der Waals surface area (Å²) in [6.45, 7) is 6.39. The molecule has 2 aliphatic heterocycles. The third-order valence-corrected chi connectivity index (χ3v) is 4.83. The van der Waals surface area contributed by atoms with Crippen molar-refractivity contribution in [3.05, 3.63) is 23.8 Å². The van der Waals surface area contributed by atoms with Gasteiger partial charge in [0, 0.05) is 36.9 Å². The molecule has 2 heterocycles. The zero-order valence-electron chi connectivity index (χ0n) is 13.1. The van der Waals surface area contributed by atoms with Crippen molar-refractivity contribution in [1.82, 2.24) is 4.90 Å². The largest absolute Gasteiger partial charge is 0.496 e. The zero-order chi connectivity index (χ0) is 14.8. The lowest BCUT2D eigenvalue weighted by atomic mass is 10.0. The van der Waals surface area contributed by atoms with Crippen LogP contribution in [0.3, 0.4) is 0 Å². The summed E-state index contributed by atoms with van der Waals surface area (Å²) < 4.78 is 5.46. The molecule has 3 rings (SSSR count). The summed E-state index contributed by atoms with van der Waals surface area (Å²) in [4.78, 5) is 5.07. The molecule has 0 spiro atoms. The van der Waals surface area contributed by atoms with E-state index in [0.717, 1.165) is 30.1 Å². The van der Waals surface area contributed by atoms with Crippen molar-refractivity contribution in [1.29, 1.82) is 0 Å². The van der Waals surface area contributed by atoms with Gasteiger partial charge >= 0.3 is 0 Å². The molecule has 1 unspecified atom stereocenters. The molecule has 116 valence electrons. The average molecular weight is 290 g/mol. The summed E-state index contributed by atoms with van der Waals surface area (Å²) in [6, 6.07) is 6.75. The number of aliphatic hydroxyl groups is 1. The molecular formula is C17H26N2O2. The van der Waals surface area contributed by atoms with Crippen LogP contribution in [-0.4, -0.2) is 49.3 Å². The van der Waals surface area contributed by atoms with E-state index in [1.54, 1.807) is 7.11 Å². The Labute approximate surface area is 127 Å². The van der Waals surface area contributed by atoms with E-state index in [2.05, 4.69) is 15.9 Å². The zero-order valence-corrected chi connectivity index (χ0v) is 13.1. The highest BCUT2D eigenvalue weighted by atomic mass is 16.5. The fourth-order valence-electron chi connectivity index (χ4n) is 3.83. The first-order valence-electron chi connectivity index (χ1n) is 8.04. The van der Waals surface area contributed by atoms with E-state index in [4.69, 9.17) is 4.74 Å². The quantitative estimate of drug-likeness (QED) is 0.927. The van der Waals surface area contributed by atoms with Crippen LogP contribution in [-0.2, 0) is 0 Å². The Morgan fingerprint density at radius 3 is 2.81 bits per heavy atom. The minimum atomic E-state index is -0.515. The highest BCUT2D eigenvalue weighted by Gasteiger charge is 2.30. The lowest BCUT2D eigenvalue weighted by Crippen LogP contribution is -2.37. The molecule has 0 saturated carbocycles. The molecule has 2 fully saturated rings. The van der Waals surface area contributed by atoms with Crippen LogP contribution in [0, 0.1) is 0 Å². The molecule has 4 nitrogen and oxygen atoms in total. The minimum absolute atomic E-state index is 0.515. The number of aliphatic hydroxyl groups excluding tert-OH is 1. The predicted octanol–water partition coefficient (Wildman–Crippen LogP) is 2.42. The smallest absolute Gasteiger partial charge is 0.126 e. The molecule has 4 heteroatoms. The van der Waals surface area contributed by atoms with Crippen molar-refractivity contribution in [2.24, 2.45) is 0 Å².